The maximum absolute atomic E-state index is 9.19. The number of aliphatic hydroxyl groups excluding tert-OH is 1. The van der Waals surface area contributed by atoms with Crippen LogP contribution in [0.2, 0.25) is 0 Å². The first-order valence-corrected chi connectivity index (χ1v) is 3.25. The summed E-state index contributed by atoms with van der Waals surface area (Å²) in [5, 5.41) is 9.19. The van der Waals surface area contributed by atoms with Crippen molar-refractivity contribution >= 4 is 0 Å². The largest absolute Gasteiger partial charge is 0.390 e. The van der Waals surface area contributed by atoms with Crippen molar-refractivity contribution in [3.8, 4) is 0 Å². The molecule has 52 valence electrons. The van der Waals surface area contributed by atoms with Gasteiger partial charge in [0.2, 0.25) is 0 Å². The van der Waals surface area contributed by atoms with Crippen LogP contribution in [0.5, 0.6) is 0 Å². The normalized spacial score (nSPS) is 49.7. The van der Waals surface area contributed by atoms with E-state index in [0.29, 0.717) is 19.8 Å². The van der Waals surface area contributed by atoms with Crippen molar-refractivity contribution < 1.29 is 14.6 Å². The van der Waals surface area contributed by atoms with Crippen molar-refractivity contribution in [1.82, 2.24) is 0 Å². The van der Waals surface area contributed by atoms with Crippen LogP contribution in [0.1, 0.15) is 0 Å². The van der Waals surface area contributed by atoms with Crippen molar-refractivity contribution in [2.45, 2.75) is 12.2 Å². The third-order valence-electron chi connectivity index (χ3n) is 2.05. The molecule has 0 saturated carbocycles. The SMILES string of the molecule is O[C@H]1COC2COC[C@H]21. The number of fused-ring (bicyclic) bond motifs is 1. The zero-order chi connectivity index (χ0) is 6.27. The van der Waals surface area contributed by atoms with Gasteiger partial charge in [-0.05, 0) is 0 Å². The van der Waals surface area contributed by atoms with Crippen LogP contribution in [0, 0.1) is 5.92 Å². The highest BCUT2D eigenvalue weighted by Gasteiger charge is 2.40. The van der Waals surface area contributed by atoms with Gasteiger partial charge in [0.15, 0.2) is 0 Å². The van der Waals surface area contributed by atoms with Crippen LogP contribution in [0.3, 0.4) is 0 Å². The Morgan fingerprint density at radius 3 is 2.89 bits per heavy atom. The van der Waals surface area contributed by atoms with Gasteiger partial charge in [-0.1, -0.05) is 0 Å². The van der Waals surface area contributed by atoms with Crippen LogP contribution in [0.4, 0.5) is 0 Å². The molecule has 3 nitrogen and oxygen atoms in total. The number of aliphatic hydroxyl groups is 1. The summed E-state index contributed by atoms with van der Waals surface area (Å²) >= 11 is 0. The molecule has 0 bridgehead atoms. The molecule has 0 spiro atoms. The number of rotatable bonds is 0. The van der Waals surface area contributed by atoms with Gasteiger partial charge in [-0.3, -0.25) is 0 Å². The molecule has 0 aromatic heterocycles. The third kappa shape index (κ3) is 0.764. The topological polar surface area (TPSA) is 38.7 Å². The molecule has 2 fully saturated rings. The van der Waals surface area contributed by atoms with Gasteiger partial charge in [-0.25, -0.2) is 0 Å². The average molecular weight is 130 g/mol. The van der Waals surface area contributed by atoms with Crippen molar-refractivity contribution in [2.24, 2.45) is 5.92 Å². The lowest BCUT2D eigenvalue weighted by Gasteiger charge is -2.05. The van der Waals surface area contributed by atoms with Gasteiger partial charge < -0.3 is 14.6 Å². The maximum Gasteiger partial charge on any atom is 0.0885 e. The van der Waals surface area contributed by atoms with Crippen LogP contribution in [0.25, 0.3) is 0 Å². The minimum absolute atomic E-state index is 0.181. The van der Waals surface area contributed by atoms with Crippen LogP contribution in [-0.2, 0) is 9.47 Å². The zero-order valence-corrected chi connectivity index (χ0v) is 5.12. The minimum Gasteiger partial charge on any atom is -0.390 e. The van der Waals surface area contributed by atoms with Crippen molar-refractivity contribution in [3.63, 3.8) is 0 Å². The predicted octanol–water partition coefficient (Wildman–Crippen LogP) is -0.608. The highest BCUT2D eigenvalue weighted by atomic mass is 16.6. The third-order valence-corrected chi connectivity index (χ3v) is 2.05. The van der Waals surface area contributed by atoms with Crippen LogP contribution in [0.15, 0.2) is 0 Å². The van der Waals surface area contributed by atoms with E-state index in [4.69, 9.17) is 9.47 Å². The molecule has 2 saturated heterocycles. The Labute approximate surface area is 53.6 Å². The summed E-state index contributed by atoms with van der Waals surface area (Å²) in [4.78, 5) is 0. The first-order chi connectivity index (χ1) is 4.38. The van der Waals surface area contributed by atoms with E-state index in [-0.39, 0.29) is 18.1 Å². The summed E-state index contributed by atoms with van der Waals surface area (Å²) in [5.74, 6) is 0.255. The second kappa shape index (κ2) is 1.94. The molecule has 9 heavy (non-hydrogen) atoms. The summed E-state index contributed by atoms with van der Waals surface area (Å²) in [5.41, 5.74) is 0. The van der Waals surface area contributed by atoms with Crippen LogP contribution in [-0.4, -0.2) is 37.1 Å². The summed E-state index contributed by atoms with van der Waals surface area (Å²) < 4.78 is 10.3. The van der Waals surface area contributed by atoms with E-state index in [1.54, 1.807) is 0 Å². The maximum atomic E-state index is 9.19. The highest BCUT2D eigenvalue weighted by Crippen LogP contribution is 2.26. The molecule has 1 unspecified atom stereocenters. The lowest BCUT2D eigenvalue weighted by molar-refractivity contribution is 0.0434. The fraction of sp³-hybridized carbons (Fsp3) is 1.00. The lowest BCUT2D eigenvalue weighted by Crippen LogP contribution is -2.21. The number of hydrogen-bond acceptors (Lipinski definition) is 3. The second-order valence-electron chi connectivity index (χ2n) is 2.64. The van der Waals surface area contributed by atoms with Crippen molar-refractivity contribution in [1.29, 1.82) is 0 Å². The molecule has 0 amide bonds. The first kappa shape index (κ1) is 5.65. The summed E-state index contributed by atoms with van der Waals surface area (Å²) in [7, 11) is 0. The van der Waals surface area contributed by atoms with E-state index >= 15 is 0 Å². The predicted molar refractivity (Wildman–Crippen MR) is 30.1 cm³/mol. The van der Waals surface area contributed by atoms with E-state index in [1.807, 2.05) is 0 Å². The van der Waals surface area contributed by atoms with Gasteiger partial charge in [0.25, 0.3) is 0 Å². The standard InChI is InChI=1S/C6H10O3/c7-5-2-9-6-3-8-1-4(5)6/h4-7H,1-3H2/t4-,5-,6?/m0/s1. The summed E-state index contributed by atoms with van der Waals surface area (Å²) in [6.45, 7) is 1.84. The molecule has 1 N–H and O–H groups in total. The molecule has 3 heteroatoms. The first-order valence-electron chi connectivity index (χ1n) is 3.25. The Balaban J connectivity index is 2.07. The zero-order valence-electron chi connectivity index (χ0n) is 5.12. The Kier molecular flexibility index (Phi) is 1.22. The molecule has 2 heterocycles. The van der Waals surface area contributed by atoms with Crippen LogP contribution < -0.4 is 0 Å². The smallest absolute Gasteiger partial charge is 0.0885 e. The Morgan fingerprint density at radius 1 is 1.22 bits per heavy atom. The molecular formula is C6H10O3. The second-order valence-corrected chi connectivity index (χ2v) is 2.64. The molecule has 0 aromatic carbocycles. The van der Waals surface area contributed by atoms with Gasteiger partial charge in [-0.15, -0.1) is 0 Å². The van der Waals surface area contributed by atoms with Gasteiger partial charge in [0.05, 0.1) is 32.0 Å². The fourth-order valence-corrected chi connectivity index (χ4v) is 1.43. The summed E-state index contributed by atoms with van der Waals surface area (Å²) in [6, 6.07) is 0. The van der Waals surface area contributed by atoms with E-state index < -0.39 is 0 Å². The number of hydrogen-bond donors (Lipinski definition) is 1. The van der Waals surface area contributed by atoms with Gasteiger partial charge in [-0.2, -0.15) is 0 Å². The van der Waals surface area contributed by atoms with Gasteiger partial charge in [0, 0.05) is 5.92 Å². The molecule has 3 atom stereocenters. The fourth-order valence-electron chi connectivity index (χ4n) is 1.43. The molecule has 0 aromatic rings. The molecule has 2 aliphatic rings. The molecular weight excluding hydrogens is 120 g/mol. The molecule has 0 radical (unpaired) electrons. The quantitative estimate of drug-likeness (QED) is 0.475. The molecule has 0 aliphatic carbocycles. The Bertz CT molecular complexity index is 115. The Hall–Kier alpha value is -0.120. The highest BCUT2D eigenvalue weighted by molar-refractivity contribution is 4.86. The average Bonchev–Trinajstić information content (AvgIpc) is 2.35. The molecule has 2 rings (SSSR count). The van der Waals surface area contributed by atoms with Crippen molar-refractivity contribution in [2.75, 3.05) is 19.8 Å². The summed E-state index contributed by atoms with van der Waals surface area (Å²) in [6.07, 6.45) is -0.0995. The van der Waals surface area contributed by atoms with Crippen molar-refractivity contribution in [3.05, 3.63) is 0 Å². The van der Waals surface area contributed by atoms with Gasteiger partial charge in [0.1, 0.15) is 0 Å². The lowest BCUT2D eigenvalue weighted by atomic mass is 10.0. The van der Waals surface area contributed by atoms with E-state index in [0.717, 1.165) is 0 Å². The Morgan fingerprint density at radius 2 is 2.11 bits per heavy atom. The van der Waals surface area contributed by atoms with E-state index in [2.05, 4.69) is 0 Å². The van der Waals surface area contributed by atoms with E-state index in [9.17, 15) is 5.11 Å². The van der Waals surface area contributed by atoms with Gasteiger partial charge >= 0.3 is 0 Å². The minimum atomic E-state index is -0.280. The van der Waals surface area contributed by atoms with Crippen LogP contribution >= 0.6 is 0 Å². The number of ether oxygens (including phenoxy) is 2. The van der Waals surface area contributed by atoms with E-state index in [1.165, 1.54) is 0 Å². The monoisotopic (exact) mass is 130 g/mol. The molecule has 2 aliphatic heterocycles.